The molecule has 200 valence electrons. The van der Waals surface area contributed by atoms with Crippen LogP contribution in [0.2, 0.25) is 0 Å². The molecule has 1 aliphatic carbocycles. The van der Waals surface area contributed by atoms with Crippen molar-refractivity contribution >= 4 is 0 Å². The number of benzene rings is 5. The maximum absolute atomic E-state index is 11.4. The average molecular weight is 531 g/mol. The molecule has 4 N–H and O–H groups in total. The molecule has 1 aliphatic rings. The van der Waals surface area contributed by atoms with E-state index in [-0.39, 0.29) is 23.0 Å². The zero-order valence-corrected chi connectivity index (χ0v) is 22.0. The van der Waals surface area contributed by atoms with Gasteiger partial charge in [0.1, 0.15) is 35.4 Å². The fourth-order valence-corrected chi connectivity index (χ4v) is 5.48. The molecule has 0 unspecified atom stereocenters. The van der Waals surface area contributed by atoms with E-state index in [1.54, 1.807) is 0 Å². The fraction of sp³-hybridized carbons (Fsp3) is 0.143. The number of rotatable bonds is 3. The van der Waals surface area contributed by atoms with Gasteiger partial charge in [-0.3, -0.25) is 0 Å². The van der Waals surface area contributed by atoms with Crippen molar-refractivity contribution in [2.24, 2.45) is 0 Å². The van der Waals surface area contributed by atoms with Gasteiger partial charge in [-0.25, -0.2) is 0 Å². The predicted octanol–water partition coefficient (Wildman–Crippen LogP) is 6.76. The Bertz CT molecular complexity index is 1590. The molecular weight excluding hydrogens is 500 g/mol. The SMILES string of the molecule is Oc1c2cccc1Cc1cccc(c1O)Cc1cc(COc3ccccc3)cc(c1O)Cc1cccc(c1O)C2. The number of ether oxygens (including phenoxy) is 1. The predicted molar refractivity (Wildman–Crippen MR) is 154 cm³/mol. The number of phenolic OH excluding ortho intramolecular Hbond substituents is 4. The van der Waals surface area contributed by atoms with Gasteiger partial charge in [0.25, 0.3) is 0 Å². The van der Waals surface area contributed by atoms with E-state index in [1.165, 1.54) is 0 Å². The molecule has 5 nitrogen and oxygen atoms in total. The molecule has 0 radical (unpaired) electrons. The van der Waals surface area contributed by atoms with E-state index in [0.29, 0.717) is 76.8 Å². The van der Waals surface area contributed by atoms with Crippen molar-refractivity contribution in [3.05, 3.63) is 147 Å². The van der Waals surface area contributed by atoms with Gasteiger partial charge in [-0.15, -0.1) is 0 Å². The molecule has 8 bridgehead atoms. The molecular formula is C35H30O5. The number of fused-ring (bicyclic) bond motifs is 8. The van der Waals surface area contributed by atoms with Gasteiger partial charge >= 0.3 is 0 Å². The van der Waals surface area contributed by atoms with E-state index in [1.807, 2.05) is 97.1 Å². The van der Waals surface area contributed by atoms with Crippen molar-refractivity contribution in [3.63, 3.8) is 0 Å². The first-order valence-corrected chi connectivity index (χ1v) is 13.4. The summed E-state index contributed by atoms with van der Waals surface area (Å²) in [6.45, 7) is 0.302. The third kappa shape index (κ3) is 5.06. The van der Waals surface area contributed by atoms with Gasteiger partial charge in [0.15, 0.2) is 0 Å². The molecule has 5 aromatic rings. The lowest BCUT2D eigenvalue weighted by Crippen LogP contribution is -2.03. The minimum Gasteiger partial charge on any atom is -0.507 e. The quantitative estimate of drug-likeness (QED) is 0.203. The number of hydrogen-bond acceptors (Lipinski definition) is 5. The lowest BCUT2D eigenvalue weighted by molar-refractivity contribution is 0.305. The Morgan fingerprint density at radius 3 is 1.18 bits per heavy atom. The molecule has 0 amide bonds. The van der Waals surface area contributed by atoms with Crippen LogP contribution in [0.25, 0.3) is 0 Å². The molecule has 6 rings (SSSR count). The lowest BCUT2D eigenvalue weighted by Gasteiger charge is -2.18. The van der Waals surface area contributed by atoms with Gasteiger partial charge in [-0.05, 0) is 74.3 Å². The van der Waals surface area contributed by atoms with Gasteiger partial charge < -0.3 is 25.2 Å². The summed E-state index contributed by atoms with van der Waals surface area (Å²) in [7, 11) is 0. The first-order valence-electron chi connectivity index (χ1n) is 13.4. The Morgan fingerprint density at radius 1 is 0.425 bits per heavy atom. The van der Waals surface area contributed by atoms with Crippen LogP contribution >= 0.6 is 0 Å². The van der Waals surface area contributed by atoms with E-state index >= 15 is 0 Å². The molecule has 0 saturated heterocycles. The highest BCUT2D eigenvalue weighted by atomic mass is 16.5. The largest absolute Gasteiger partial charge is 0.507 e. The van der Waals surface area contributed by atoms with Crippen LogP contribution in [0.4, 0.5) is 0 Å². The van der Waals surface area contributed by atoms with Crippen molar-refractivity contribution < 1.29 is 25.2 Å². The smallest absolute Gasteiger partial charge is 0.122 e. The molecule has 0 heterocycles. The zero-order valence-electron chi connectivity index (χ0n) is 22.0. The molecule has 5 aromatic carbocycles. The molecule has 5 heteroatoms. The number of hydrogen-bond donors (Lipinski definition) is 4. The molecule has 0 atom stereocenters. The van der Waals surface area contributed by atoms with Crippen LogP contribution in [0.5, 0.6) is 28.7 Å². The topological polar surface area (TPSA) is 90.2 Å². The van der Waals surface area contributed by atoms with E-state index in [4.69, 9.17) is 4.74 Å². The highest BCUT2D eigenvalue weighted by molar-refractivity contribution is 5.55. The Morgan fingerprint density at radius 2 is 0.775 bits per heavy atom. The molecule has 0 saturated carbocycles. The van der Waals surface area contributed by atoms with Gasteiger partial charge in [0, 0.05) is 25.7 Å². The molecule has 0 aromatic heterocycles. The van der Waals surface area contributed by atoms with Gasteiger partial charge in [-0.2, -0.15) is 0 Å². The van der Waals surface area contributed by atoms with Gasteiger partial charge in [-0.1, -0.05) is 72.8 Å². The second-order valence-electron chi connectivity index (χ2n) is 10.3. The first-order chi connectivity index (χ1) is 19.5. The van der Waals surface area contributed by atoms with Gasteiger partial charge in [0.2, 0.25) is 0 Å². The van der Waals surface area contributed by atoms with Crippen LogP contribution in [0.15, 0.2) is 97.1 Å². The van der Waals surface area contributed by atoms with E-state index in [2.05, 4.69) is 0 Å². The third-order valence-corrected chi connectivity index (χ3v) is 7.61. The van der Waals surface area contributed by atoms with Crippen LogP contribution in [0.1, 0.15) is 50.1 Å². The first kappa shape index (κ1) is 25.4. The Kier molecular flexibility index (Phi) is 6.79. The summed E-state index contributed by atoms with van der Waals surface area (Å²) in [6, 6.07) is 30.1. The van der Waals surface area contributed by atoms with Crippen molar-refractivity contribution in [2.75, 3.05) is 0 Å². The molecule has 0 fully saturated rings. The highest BCUT2D eigenvalue weighted by Crippen LogP contribution is 2.37. The fourth-order valence-electron chi connectivity index (χ4n) is 5.48. The van der Waals surface area contributed by atoms with Crippen LogP contribution in [-0.2, 0) is 32.3 Å². The van der Waals surface area contributed by atoms with Crippen molar-refractivity contribution in [3.8, 4) is 28.7 Å². The highest BCUT2D eigenvalue weighted by Gasteiger charge is 2.19. The minimum absolute atomic E-state index is 0.132. The molecule has 40 heavy (non-hydrogen) atoms. The summed E-state index contributed by atoms with van der Waals surface area (Å²) in [5.41, 5.74) is 6.29. The summed E-state index contributed by atoms with van der Waals surface area (Å²) in [5, 5.41) is 45.0. The Hall–Kier alpha value is -4.90. The van der Waals surface area contributed by atoms with Crippen molar-refractivity contribution in [1.82, 2.24) is 0 Å². The monoisotopic (exact) mass is 530 g/mol. The van der Waals surface area contributed by atoms with E-state index < -0.39 is 0 Å². The standard InChI is InChI=1S/C35H30O5/c36-32-23-7-4-8-24(32)18-26-10-6-12-28(34(26)38)20-30-16-22(21-40-31-13-2-1-3-14-31)15-29(35(30)39)19-27-11-5-9-25(17-23)33(27)37/h1-16,36-39H,17-21H2. The minimum atomic E-state index is 0.132. The second-order valence-corrected chi connectivity index (χ2v) is 10.3. The second kappa shape index (κ2) is 10.7. The molecule has 0 spiro atoms. The van der Waals surface area contributed by atoms with Crippen LogP contribution in [0, 0.1) is 0 Å². The van der Waals surface area contributed by atoms with Gasteiger partial charge in [0.05, 0.1) is 0 Å². The summed E-state index contributed by atoms with van der Waals surface area (Å²) >= 11 is 0. The summed E-state index contributed by atoms with van der Waals surface area (Å²) < 4.78 is 6.02. The summed E-state index contributed by atoms with van der Waals surface area (Å²) in [5.74, 6) is 1.33. The van der Waals surface area contributed by atoms with Crippen LogP contribution in [0.3, 0.4) is 0 Å². The summed E-state index contributed by atoms with van der Waals surface area (Å²) in [4.78, 5) is 0. The number of aromatic hydroxyl groups is 4. The molecule has 0 aliphatic heterocycles. The summed E-state index contributed by atoms with van der Waals surface area (Å²) in [6.07, 6.45) is 1.28. The van der Waals surface area contributed by atoms with Crippen LogP contribution in [-0.4, -0.2) is 20.4 Å². The normalized spacial score (nSPS) is 12.6. The average Bonchev–Trinajstić information content (AvgIpc) is 2.96. The van der Waals surface area contributed by atoms with Crippen molar-refractivity contribution in [2.45, 2.75) is 32.3 Å². The maximum Gasteiger partial charge on any atom is 0.122 e. The zero-order chi connectivity index (χ0) is 27.6. The lowest BCUT2D eigenvalue weighted by atomic mass is 9.90. The third-order valence-electron chi connectivity index (χ3n) is 7.61. The van der Waals surface area contributed by atoms with E-state index in [9.17, 15) is 20.4 Å². The van der Waals surface area contributed by atoms with Crippen molar-refractivity contribution in [1.29, 1.82) is 0 Å². The van der Waals surface area contributed by atoms with Crippen LogP contribution < -0.4 is 4.74 Å². The maximum atomic E-state index is 11.4. The number of para-hydroxylation sites is 4. The van der Waals surface area contributed by atoms with E-state index in [0.717, 1.165) is 11.3 Å². The Balaban J connectivity index is 1.48. The Labute approximate surface area is 233 Å². The number of phenols is 4.